The highest BCUT2D eigenvalue weighted by Gasteiger charge is 2.57. The molecule has 62 valence electrons. The lowest BCUT2D eigenvalue weighted by Crippen LogP contribution is -2.51. The SMILES string of the molecule is O[C@@H]1CO[C@H]2OP3O[C@H]2[C@H]1O3. The summed E-state index contributed by atoms with van der Waals surface area (Å²) in [6.45, 7) is 0.276. The predicted octanol–water partition coefficient (Wildman–Crippen LogP) is -0.255. The van der Waals surface area contributed by atoms with Crippen LogP contribution in [0, 0.1) is 0 Å². The molecule has 0 aromatic rings. The highest BCUT2D eigenvalue weighted by Crippen LogP contribution is 2.59. The second-order valence-electron chi connectivity index (χ2n) is 2.74. The molecule has 5 nitrogen and oxygen atoms in total. The standard InChI is InChI=1S/C5H7O5P/c6-2-1-7-5-4-3(2)8-11(9-4)10-5/h2-6H,1H2/t2-,3+,4+,5+,11?/m1/s1. The number of ether oxygens (including phenoxy) is 1. The Kier molecular flexibility index (Phi) is 1.30. The summed E-state index contributed by atoms with van der Waals surface area (Å²) < 4.78 is 20.8. The Morgan fingerprint density at radius 2 is 2.00 bits per heavy atom. The van der Waals surface area contributed by atoms with Crippen molar-refractivity contribution in [1.29, 1.82) is 0 Å². The molecular weight excluding hydrogens is 171 g/mol. The van der Waals surface area contributed by atoms with Crippen LogP contribution in [0.15, 0.2) is 0 Å². The van der Waals surface area contributed by atoms with E-state index in [1.165, 1.54) is 0 Å². The minimum absolute atomic E-state index is 0.204. The lowest BCUT2D eigenvalue weighted by molar-refractivity contribution is -0.207. The average Bonchev–Trinajstić information content (AvgIpc) is 2.54. The molecule has 0 saturated carbocycles. The average molecular weight is 178 g/mol. The molecule has 3 aliphatic rings. The van der Waals surface area contributed by atoms with Crippen LogP contribution in [0.2, 0.25) is 0 Å². The predicted molar refractivity (Wildman–Crippen MR) is 33.5 cm³/mol. The van der Waals surface area contributed by atoms with Gasteiger partial charge in [-0.05, 0) is 0 Å². The maximum Gasteiger partial charge on any atom is 0.336 e. The first kappa shape index (κ1) is 6.71. The van der Waals surface area contributed by atoms with E-state index in [9.17, 15) is 5.11 Å². The fourth-order valence-corrected chi connectivity index (χ4v) is 2.82. The molecule has 3 aliphatic heterocycles. The topological polar surface area (TPSA) is 57.2 Å². The molecule has 5 atom stereocenters. The molecule has 6 heteroatoms. The second kappa shape index (κ2) is 2.13. The normalized spacial score (nSPS) is 60.3. The van der Waals surface area contributed by atoms with Crippen molar-refractivity contribution in [2.75, 3.05) is 6.61 Å². The Balaban J connectivity index is 1.90. The largest absolute Gasteiger partial charge is 0.388 e. The number of hydrogen-bond acceptors (Lipinski definition) is 5. The summed E-state index contributed by atoms with van der Waals surface area (Å²) in [5.74, 6) is 0. The molecule has 0 aromatic heterocycles. The smallest absolute Gasteiger partial charge is 0.336 e. The van der Waals surface area contributed by atoms with E-state index in [2.05, 4.69) is 0 Å². The first-order chi connectivity index (χ1) is 5.34. The van der Waals surface area contributed by atoms with E-state index in [1.807, 2.05) is 0 Å². The lowest BCUT2D eigenvalue weighted by atomic mass is 10.1. The summed E-state index contributed by atoms with van der Waals surface area (Å²) in [5.41, 5.74) is 0. The molecule has 0 aromatic carbocycles. The van der Waals surface area contributed by atoms with Gasteiger partial charge in [-0.15, -0.1) is 0 Å². The molecule has 3 heterocycles. The van der Waals surface area contributed by atoms with Crippen LogP contribution >= 0.6 is 8.60 Å². The Morgan fingerprint density at radius 1 is 1.18 bits per heavy atom. The molecule has 3 rings (SSSR count). The van der Waals surface area contributed by atoms with E-state index in [0.717, 1.165) is 0 Å². The third-order valence-electron chi connectivity index (χ3n) is 2.01. The fourth-order valence-electron chi connectivity index (χ4n) is 1.45. The van der Waals surface area contributed by atoms with Gasteiger partial charge in [0.1, 0.15) is 18.3 Å². The summed E-state index contributed by atoms with van der Waals surface area (Å²) in [7, 11) is -1.21. The van der Waals surface area contributed by atoms with Crippen molar-refractivity contribution < 1.29 is 23.4 Å². The van der Waals surface area contributed by atoms with Gasteiger partial charge in [0.05, 0.1) is 6.61 Å². The highest BCUT2D eigenvalue weighted by atomic mass is 31.2. The van der Waals surface area contributed by atoms with E-state index in [0.29, 0.717) is 0 Å². The molecule has 0 aliphatic carbocycles. The second-order valence-corrected chi connectivity index (χ2v) is 3.82. The van der Waals surface area contributed by atoms with Crippen LogP contribution in [0.3, 0.4) is 0 Å². The Labute approximate surface area is 64.2 Å². The molecule has 1 N–H and O–H groups in total. The summed E-state index contributed by atoms with van der Waals surface area (Å²) in [6.07, 6.45) is -1.30. The Morgan fingerprint density at radius 3 is 2.73 bits per heavy atom. The van der Waals surface area contributed by atoms with Gasteiger partial charge in [-0.3, -0.25) is 4.52 Å². The van der Waals surface area contributed by atoms with Gasteiger partial charge in [-0.1, -0.05) is 0 Å². The third kappa shape index (κ3) is 0.811. The van der Waals surface area contributed by atoms with Crippen molar-refractivity contribution in [3.05, 3.63) is 0 Å². The highest BCUT2D eigenvalue weighted by molar-refractivity contribution is 7.42. The van der Waals surface area contributed by atoms with Gasteiger partial charge in [0, 0.05) is 0 Å². The number of aliphatic hydroxyl groups is 1. The third-order valence-corrected chi connectivity index (χ3v) is 3.22. The first-order valence-corrected chi connectivity index (χ1v) is 4.54. The summed E-state index contributed by atoms with van der Waals surface area (Å²) in [6, 6.07) is 0. The van der Waals surface area contributed by atoms with Gasteiger partial charge in [0.15, 0.2) is 6.29 Å². The zero-order chi connectivity index (χ0) is 7.42. The molecule has 0 amide bonds. The number of rotatable bonds is 0. The van der Waals surface area contributed by atoms with Crippen LogP contribution in [0.25, 0.3) is 0 Å². The molecule has 3 saturated heterocycles. The van der Waals surface area contributed by atoms with E-state index in [-0.39, 0.29) is 25.1 Å². The minimum Gasteiger partial charge on any atom is -0.388 e. The summed E-state index contributed by atoms with van der Waals surface area (Å²) >= 11 is 0. The zero-order valence-electron chi connectivity index (χ0n) is 5.54. The number of fused-ring (bicyclic) bond motifs is 1. The quantitative estimate of drug-likeness (QED) is 0.518. The summed E-state index contributed by atoms with van der Waals surface area (Å²) in [5, 5.41) is 9.34. The maximum atomic E-state index is 9.34. The van der Waals surface area contributed by atoms with E-state index < -0.39 is 14.7 Å². The minimum atomic E-state index is -1.21. The van der Waals surface area contributed by atoms with Gasteiger partial charge in [0.2, 0.25) is 0 Å². The van der Waals surface area contributed by atoms with Crippen molar-refractivity contribution in [2.24, 2.45) is 0 Å². The van der Waals surface area contributed by atoms with Crippen molar-refractivity contribution in [2.45, 2.75) is 24.6 Å². The van der Waals surface area contributed by atoms with Gasteiger partial charge < -0.3 is 18.9 Å². The molecular formula is C5H7O5P. The van der Waals surface area contributed by atoms with E-state index in [1.54, 1.807) is 0 Å². The summed E-state index contributed by atoms with van der Waals surface area (Å²) in [4.78, 5) is 0. The van der Waals surface area contributed by atoms with Crippen molar-refractivity contribution in [3.63, 3.8) is 0 Å². The van der Waals surface area contributed by atoms with E-state index in [4.69, 9.17) is 18.3 Å². The first-order valence-electron chi connectivity index (χ1n) is 3.45. The van der Waals surface area contributed by atoms with Crippen LogP contribution in [-0.2, 0) is 18.3 Å². The van der Waals surface area contributed by atoms with E-state index >= 15 is 0 Å². The molecule has 0 radical (unpaired) electrons. The monoisotopic (exact) mass is 178 g/mol. The molecule has 1 unspecified atom stereocenters. The van der Waals surface area contributed by atoms with Gasteiger partial charge in [0.25, 0.3) is 0 Å². The zero-order valence-corrected chi connectivity index (χ0v) is 6.44. The number of hydrogen-bond donors (Lipinski definition) is 1. The Hall–Kier alpha value is 0.230. The van der Waals surface area contributed by atoms with Crippen LogP contribution < -0.4 is 0 Å². The maximum absolute atomic E-state index is 9.34. The van der Waals surface area contributed by atoms with Crippen LogP contribution in [0.1, 0.15) is 0 Å². The molecule has 0 spiro atoms. The van der Waals surface area contributed by atoms with Crippen molar-refractivity contribution >= 4 is 8.60 Å². The van der Waals surface area contributed by atoms with Crippen molar-refractivity contribution in [1.82, 2.24) is 0 Å². The fraction of sp³-hybridized carbons (Fsp3) is 1.00. The lowest BCUT2D eigenvalue weighted by Gasteiger charge is -2.33. The van der Waals surface area contributed by atoms with Gasteiger partial charge in [-0.25, -0.2) is 0 Å². The van der Waals surface area contributed by atoms with Gasteiger partial charge >= 0.3 is 8.60 Å². The molecule has 11 heavy (non-hydrogen) atoms. The molecule has 2 bridgehead atoms. The van der Waals surface area contributed by atoms with Crippen molar-refractivity contribution in [3.8, 4) is 0 Å². The Bertz CT molecular complexity index is 188. The van der Waals surface area contributed by atoms with Crippen LogP contribution in [0.5, 0.6) is 0 Å². The van der Waals surface area contributed by atoms with Gasteiger partial charge in [-0.2, -0.15) is 0 Å². The van der Waals surface area contributed by atoms with Crippen LogP contribution in [-0.4, -0.2) is 36.3 Å². The van der Waals surface area contributed by atoms with Crippen LogP contribution in [0.4, 0.5) is 0 Å². The number of aliphatic hydroxyl groups excluding tert-OH is 1. The molecule has 3 fully saturated rings.